The molecular formula is C17H20FN3O4. The maximum Gasteiger partial charge on any atom is 0.326 e. The van der Waals surface area contributed by atoms with Gasteiger partial charge in [0.15, 0.2) is 0 Å². The number of nitrogens with zero attached hydrogens (tertiary/aromatic N) is 1. The van der Waals surface area contributed by atoms with Crippen molar-refractivity contribution in [1.29, 1.82) is 5.26 Å². The van der Waals surface area contributed by atoms with E-state index >= 15 is 0 Å². The van der Waals surface area contributed by atoms with E-state index in [1.54, 1.807) is 6.07 Å². The minimum absolute atomic E-state index is 0.00213. The highest BCUT2D eigenvalue weighted by atomic mass is 19.1. The molecule has 0 spiro atoms. The third-order valence-corrected chi connectivity index (χ3v) is 3.57. The molecule has 1 aromatic rings. The fourth-order valence-electron chi connectivity index (χ4n) is 2.32. The zero-order valence-corrected chi connectivity index (χ0v) is 14.0. The lowest BCUT2D eigenvalue weighted by Crippen LogP contribution is -2.53. The van der Waals surface area contributed by atoms with Crippen LogP contribution in [0.25, 0.3) is 0 Å². The lowest BCUT2D eigenvalue weighted by atomic mass is 9.98. The molecule has 0 aliphatic heterocycles. The van der Waals surface area contributed by atoms with E-state index < -0.39 is 41.6 Å². The van der Waals surface area contributed by atoms with Crippen LogP contribution in [0.3, 0.4) is 0 Å². The maximum absolute atomic E-state index is 13.3. The molecule has 0 radical (unpaired) electrons. The summed E-state index contributed by atoms with van der Waals surface area (Å²) in [6.07, 6.45) is -0.0475. The summed E-state index contributed by atoms with van der Waals surface area (Å²) >= 11 is 0. The van der Waals surface area contributed by atoms with Gasteiger partial charge in [-0.25, -0.2) is 9.18 Å². The zero-order valence-electron chi connectivity index (χ0n) is 14.0. The van der Waals surface area contributed by atoms with Crippen LogP contribution >= 0.6 is 0 Å². The van der Waals surface area contributed by atoms with E-state index in [-0.39, 0.29) is 12.8 Å². The van der Waals surface area contributed by atoms with Gasteiger partial charge in [-0.2, -0.15) is 5.26 Å². The number of carboxylic acids is 1. The molecule has 0 aliphatic carbocycles. The number of carbonyl (C=O) groups is 3. The predicted molar refractivity (Wildman–Crippen MR) is 86.7 cm³/mol. The van der Waals surface area contributed by atoms with Gasteiger partial charge in [0.25, 0.3) is 0 Å². The highest BCUT2D eigenvalue weighted by Gasteiger charge is 2.30. The van der Waals surface area contributed by atoms with Gasteiger partial charge < -0.3 is 15.7 Å². The van der Waals surface area contributed by atoms with E-state index in [0.717, 1.165) is 0 Å². The van der Waals surface area contributed by atoms with Crippen molar-refractivity contribution >= 4 is 17.8 Å². The summed E-state index contributed by atoms with van der Waals surface area (Å²) < 4.78 is 13.3. The van der Waals surface area contributed by atoms with E-state index in [1.807, 2.05) is 6.07 Å². The Morgan fingerprint density at radius 2 is 2.00 bits per heavy atom. The van der Waals surface area contributed by atoms with Gasteiger partial charge in [-0.15, -0.1) is 0 Å². The first-order valence-electron chi connectivity index (χ1n) is 7.66. The number of hydrogen-bond donors (Lipinski definition) is 3. The molecule has 0 bridgehead atoms. The second-order valence-electron chi connectivity index (χ2n) is 5.75. The highest BCUT2D eigenvalue weighted by molar-refractivity contribution is 5.90. The van der Waals surface area contributed by atoms with Gasteiger partial charge in [-0.1, -0.05) is 19.1 Å². The van der Waals surface area contributed by atoms with Crippen molar-refractivity contribution in [2.75, 3.05) is 0 Å². The number of carbonyl (C=O) groups excluding carboxylic acids is 2. The van der Waals surface area contributed by atoms with Gasteiger partial charge >= 0.3 is 5.97 Å². The monoisotopic (exact) mass is 349 g/mol. The predicted octanol–water partition coefficient (Wildman–Crippen LogP) is 0.992. The second-order valence-corrected chi connectivity index (χ2v) is 5.75. The molecule has 8 heteroatoms. The molecule has 0 aliphatic rings. The molecule has 2 amide bonds. The highest BCUT2D eigenvalue weighted by Crippen LogP contribution is 2.10. The third-order valence-electron chi connectivity index (χ3n) is 3.57. The molecule has 0 saturated heterocycles. The van der Waals surface area contributed by atoms with Crippen molar-refractivity contribution < 1.29 is 23.9 Å². The van der Waals surface area contributed by atoms with Crippen molar-refractivity contribution in [3.05, 3.63) is 35.6 Å². The molecule has 0 heterocycles. The standard InChI is InChI=1S/C17H20FN3O4/c1-10(6-7-19)15(17(24)25)21-16(23)14(20-11(2)22)9-12-4-3-5-13(18)8-12/h3-5,8,10,14-15H,6,9H2,1-2H3,(H,20,22)(H,21,23)(H,24,25)/t10-,14-,15-/m1/s1. The number of nitriles is 1. The number of aliphatic carboxylic acids is 1. The van der Waals surface area contributed by atoms with E-state index in [4.69, 9.17) is 5.26 Å². The average molecular weight is 349 g/mol. The number of hydrogen-bond acceptors (Lipinski definition) is 4. The van der Waals surface area contributed by atoms with Crippen LogP contribution in [0.2, 0.25) is 0 Å². The van der Waals surface area contributed by atoms with Gasteiger partial charge in [0.05, 0.1) is 6.07 Å². The summed E-state index contributed by atoms with van der Waals surface area (Å²) in [4.78, 5) is 35.1. The molecular weight excluding hydrogens is 329 g/mol. The lowest BCUT2D eigenvalue weighted by molar-refractivity contribution is -0.143. The first kappa shape index (κ1) is 20.1. The normalized spacial score (nSPS) is 13.8. The van der Waals surface area contributed by atoms with E-state index in [1.165, 1.54) is 32.0 Å². The van der Waals surface area contributed by atoms with Crippen molar-refractivity contribution in [3.63, 3.8) is 0 Å². The van der Waals surface area contributed by atoms with Crippen LogP contribution in [-0.2, 0) is 20.8 Å². The molecule has 7 nitrogen and oxygen atoms in total. The summed E-state index contributed by atoms with van der Waals surface area (Å²) in [6.45, 7) is 2.75. The minimum Gasteiger partial charge on any atom is -0.480 e. The van der Waals surface area contributed by atoms with Gasteiger partial charge in [-0.05, 0) is 17.7 Å². The first-order chi connectivity index (χ1) is 11.7. The number of halogens is 1. The van der Waals surface area contributed by atoms with Crippen molar-refractivity contribution in [1.82, 2.24) is 10.6 Å². The van der Waals surface area contributed by atoms with Crippen molar-refractivity contribution in [2.45, 2.75) is 38.8 Å². The molecule has 0 unspecified atom stereocenters. The number of nitrogens with one attached hydrogen (secondary N) is 2. The Kier molecular flexibility index (Phi) is 7.53. The van der Waals surface area contributed by atoms with E-state index in [0.29, 0.717) is 5.56 Å². The summed E-state index contributed by atoms with van der Waals surface area (Å²) in [5.41, 5.74) is 0.478. The Balaban J connectivity index is 2.93. The Labute approximate surface area is 144 Å². The molecule has 0 aromatic heterocycles. The van der Waals surface area contributed by atoms with Crippen LogP contribution in [-0.4, -0.2) is 35.0 Å². The molecule has 0 fully saturated rings. The summed E-state index contributed by atoms with van der Waals surface area (Å²) in [5, 5.41) is 22.7. The van der Waals surface area contributed by atoms with Gasteiger partial charge in [0.1, 0.15) is 17.9 Å². The Hall–Kier alpha value is -2.95. The van der Waals surface area contributed by atoms with Gasteiger partial charge in [-0.3, -0.25) is 9.59 Å². The molecule has 3 N–H and O–H groups in total. The van der Waals surface area contributed by atoms with E-state index in [2.05, 4.69) is 10.6 Å². The van der Waals surface area contributed by atoms with Crippen LogP contribution in [0.4, 0.5) is 4.39 Å². The second kappa shape index (κ2) is 9.37. The Bertz CT molecular complexity index is 687. The fourth-order valence-corrected chi connectivity index (χ4v) is 2.32. The SMILES string of the molecule is CC(=O)N[C@H](Cc1cccc(F)c1)C(=O)N[C@@H](C(=O)O)[C@H](C)CC#N. The van der Waals surface area contributed by atoms with Crippen LogP contribution in [0.1, 0.15) is 25.8 Å². The Morgan fingerprint density at radius 3 is 2.52 bits per heavy atom. The van der Waals surface area contributed by atoms with Crippen LogP contribution in [0.5, 0.6) is 0 Å². The van der Waals surface area contributed by atoms with Crippen molar-refractivity contribution in [2.24, 2.45) is 5.92 Å². The number of amides is 2. The molecule has 0 saturated carbocycles. The lowest BCUT2D eigenvalue weighted by Gasteiger charge is -2.23. The first-order valence-corrected chi connectivity index (χ1v) is 7.66. The smallest absolute Gasteiger partial charge is 0.326 e. The quantitative estimate of drug-likeness (QED) is 0.647. The van der Waals surface area contributed by atoms with E-state index in [9.17, 15) is 23.9 Å². The number of benzene rings is 1. The van der Waals surface area contributed by atoms with Crippen LogP contribution in [0.15, 0.2) is 24.3 Å². The molecule has 25 heavy (non-hydrogen) atoms. The minimum atomic E-state index is -1.27. The zero-order chi connectivity index (χ0) is 19.0. The Morgan fingerprint density at radius 1 is 1.32 bits per heavy atom. The molecule has 3 atom stereocenters. The van der Waals surface area contributed by atoms with Crippen LogP contribution < -0.4 is 10.6 Å². The summed E-state index contributed by atoms with van der Waals surface area (Å²) in [6, 6.07) is 5.08. The molecule has 1 aromatic carbocycles. The molecule has 134 valence electrons. The van der Waals surface area contributed by atoms with Crippen molar-refractivity contribution in [3.8, 4) is 6.07 Å². The van der Waals surface area contributed by atoms with Gasteiger partial charge in [0.2, 0.25) is 11.8 Å². The largest absolute Gasteiger partial charge is 0.480 e. The van der Waals surface area contributed by atoms with Gasteiger partial charge in [0, 0.05) is 25.7 Å². The number of carboxylic acid groups (broad SMARTS) is 1. The number of rotatable bonds is 8. The summed E-state index contributed by atoms with van der Waals surface area (Å²) in [5.74, 6) is -3.56. The fraction of sp³-hybridized carbons (Fsp3) is 0.412. The molecule has 1 rings (SSSR count). The van der Waals surface area contributed by atoms with Crippen LogP contribution in [0, 0.1) is 23.1 Å². The average Bonchev–Trinajstić information content (AvgIpc) is 2.51. The topological polar surface area (TPSA) is 119 Å². The maximum atomic E-state index is 13.3. The third kappa shape index (κ3) is 6.59. The summed E-state index contributed by atoms with van der Waals surface area (Å²) in [7, 11) is 0.